The smallest absolute Gasteiger partial charge is 0.115 e. The number of allylic oxidation sites excluding steroid dienone is 3. The van der Waals surface area contributed by atoms with Crippen LogP contribution in [-0.4, -0.2) is 16.8 Å². The summed E-state index contributed by atoms with van der Waals surface area (Å²) in [5.41, 5.74) is 8.87. The third-order valence-corrected chi connectivity index (χ3v) is 4.25. The predicted molar refractivity (Wildman–Crippen MR) is 87.9 cm³/mol. The highest BCUT2D eigenvalue weighted by molar-refractivity contribution is 5.50. The molecule has 0 aromatic heterocycles. The number of rotatable bonds is 3. The zero-order valence-corrected chi connectivity index (χ0v) is 12.2. The van der Waals surface area contributed by atoms with Gasteiger partial charge in [0.1, 0.15) is 11.5 Å². The maximum atomic E-state index is 9.56. The molecule has 3 nitrogen and oxygen atoms in total. The van der Waals surface area contributed by atoms with Crippen LogP contribution in [-0.2, 0) is 5.41 Å². The Morgan fingerprint density at radius 2 is 1.36 bits per heavy atom. The summed E-state index contributed by atoms with van der Waals surface area (Å²) in [4.78, 5) is 0. The normalized spacial score (nSPS) is 16.3. The van der Waals surface area contributed by atoms with Crippen molar-refractivity contribution in [2.45, 2.75) is 11.8 Å². The third-order valence-electron chi connectivity index (χ3n) is 4.25. The molecule has 4 N–H and O–H groups in total. The van der Waals surface area contributed by atoms with E-state index >= 15 is 0 Å². The van der Waals surface area contributed by atoms with Gasteiger partial charge in [-0.2, -0.15) is 0 Å². The third kappa shape index (κ3) is 2.51. The van der Waals surface area contributed by atoms with Gasteiger partial charge in [-0.15, -0.1) is 0 Å². The van der Waals surface area contributed by atoms with Crippen molar-refractivity contribution in [3.63, 3.8) is 0 Å². The van der Waals surface area contributed by atoms with Crippen LogP contribution in [0.2, 0.25) is 0 Å². The second-order valence-electron chi connectivity index (χ2n) is 5.63. The van der Waals surface area contributed by atoms with E-state index in [1.807, 2.05) is 30.3 Å². The summed E-state index contributed by atoms with van der Waals surface area (Å²) in [5, 5.41) is 19.1. The predicted octanol–water partition coefficient (Wildman–Crippen LogP) is 3.23. The molecule has 0 saturated carbocycles. The van der Waals surface area contributed by atoms with E-state index in [9.17, 15) is 10.2 Å². The van der Waals surface area contributed by atoms with E-state index in [1.54, 1.807) is 24.3 Å². The molecule has 2 aromatic rings. The average molecular weight is 293 g/mol. The lowest BCUT2D eigenvalue weighted by Crippen LogP contribution is -2.29. The van der Waals surface area contributed by atoms with Crippen LogP contribution in [0.25, 0.3) is 0 Å². The Bertz CT molecular complexity index is 667. The lowest BCUT2D eigenvalue weighted by Gasteiger charge is -2.35. The van der Waals surface area contributed by atoms with Crippen molar-refractivity contribution >= 4 is 0 Å². The Hall–Kier alpha value is -2.52. The first kappa shape index (κ1) is 14.4. The van der Waals surface area contributed by atoms with E-state index in [4.69, 9.17) is 5.73 Å². The first-order valence-electron chi connectivity index (χ1n) is 7.30. The molecule has 0 fully saturated rings. The summed E-state index contributed by atoms with van der Waals surface area (Å²) in [7, 11) is 0. The minimum atomic E-state index is -0.329. The molecule has 1 aliphatic carbocycles. The summed E-state index contributed by atoms with van der Waals surface area (Å²) in [5.74, 6) is 0.498. The number of phenols is 2. The fraction of sp³-hybridized carbons (Fsp3) is 0.158. The molecule has 1 aliphatic rings. The van der Waals surface area contributed by atoms with Gasteiger partial charge in [-0.25, -0.2) is 0 Å². The molecule has 0 amide bonds. The molecule has 0 saturated heterocycles. The number of phenolic OH excluding ortho intramolecular Hbond substituents is 2. The largest absolute Gasteiger partial charge is 0.508 e. The summed E-state index contributed by atoms with van der Waals surface area (Å²) in [6, 6.07) is 14.5. The first-order valence-corrected chi connectivity index (χ1v) is 7.30. The molecule has 0 spiro atoms. The van der Waals surface area contributed by atoms with Crippen molar-refractivity contribution in [1.29, 1.82) is 0 Å². The topological polar surface area (TPSA) is 66.5 Å². The van der Waals surface area contributed by atoms with E-state index in [0.717, 1.165) is 17.5 Å². The summed E-state index contributed by atoms with van der Waals surface area (Å²) < 4.78 is 0. The van der Waals surface area contributed by atoms with Crippen LogP contribution in [0, 0.1) is 0 Å². The molecule has 0 bridgehead atoms. The van der Waals surface area contributed by atoms with Crippen LogP contribution < -0.4 is 5.73 Å². The minimum absolute atomic E-state index is 0.249. The highest BCUT2D eigenvalue weighted by atomic mass is 16.3. The maximum absolute atomic E-state index is 9.56. The van der Waals surface area contributed by atoms with Gasteiger partial charge in [-0.1, -0.05) is 48.1 Å². The Morgan fingerprint density at radius 1 is 0.864 bits per heavy atom. The van der Waals surface area contributed by atoms with Crippen LogP contribution in [0.15, 0.2) is 72.3 Å². The Labute approximate surface area is 130 Å². The summed E-state index contributed by atoms with van der Waals surface area (Å²) >= 11 is 0. The van der Waals surface area contributed by atoms with Gasteiger partial charge < -0.3 is 15.9 Å². The van der Waals surface area contributed by atoms with Gasteiger partial charge in [0, 0.05) is 12.0 Å². The van der Waals surface area contributed by atoms with Crippen molar-refractivity contribution in [1.82, 2.24) is 0 Å². The van der Waals surface area contributed by atoms with Crippen molar-refractivity contribution in [3.8, 4) is 11.5 Å². The number of aromatic hydroxyl groups is 2. The highest BCUT2D eigenvalue weighted by Crippen LogP contribution is 2.42. The van der Waals surface area contributed by atoms with Crippen LogP contribution in [0.4, 0.5) is 0 Å². The van der Waals surface area contributed by atoms with Gasteiger partial charge in [0.05, 0.1) is 0 Å². The second kappa shape index (κ2) is 5.70. The van der Waals surface area contributed by atoms with Gasteiger partial charge in [-0.3, -0.25) is 0 Å². The molecule has 2 aromatic carbocycles. The lowest BCUT2D eigenvalue weighted by molar-refractivity contribution is 0.474. The van der Waals surface area contributed by atoms with E-state index in [1.165, 1.54) is 5.57 Å². The molecule has 3 rings (SSSR count). The number of hydrogen-bond donors (Lipinski definition) is 3. The molecule has 0 atom stereocenters. The van der Waals surface area contributed by atoms with Crippen LogP contribution in [0.5, 0.6) is 11.5 Å². The Kier molecular flexibility index (Phi) is 3.73. The number of benzene rings is 2. The van der Waals surface area contributed by atoms with Gasteiger partial charge in [-0.05, 0) is 41.8 Å². The molecule has 3 heteroatoms. The molecular weight excluding hydrogens is 274 g/mol. The minimum Gasteiger partial charge on any atom is -0.508 e. The van der Waals surface area contributed by atoms with Crippen LogP contribution in [0.1, 0.15) is 17.5 Å². The fourth-order valence-corrected chi connectivity index (χ4v) is 3.05. The number of hydrogen-bond acceptors (Lipinski definition) is 3. The average Bonchev–Trinajstić information content (AvgIpc) is 2.56. The molecular formula is C19H19NO2. The zero-order valence-electron chi connectivity index (χ0n) is 12.2. The van der Waals surface area contributed by atoms with E-state index < -0.39 is 0 Å². The maximum Gasteiger partial charge on any atom is 0.115 e. The Balaban J connectivity index is 2.14. The van der Waals surface area contributed by atoms with Crippen LogP contribution >= 0.6 is 0 Å². The standard InChI is InChI=1S/C19H19NO2/c20-13-14-2-1-11-19(12-14,15-3-7-17(21)8-4-15)16-5-9-18(22)10-6-16/h1-11,21-22H,12-13,20H2. The quantitative estimate of drug-likeness (QED) is 0.814. The van der Waals surface area contributed by atoms with E-state index in [2.05, 4.69) is 12.2 Å². The highest BCUT2D eigenvalue weighted by Gasteiger charge is 2.33. The SMILES string of the molecule is NCC1=CC=CC(c2ccc(O)cc2)(c2ccc(O)cc2)C1. The van der Waals surface area contributed by atoms with Crippen molar-refractivity contribution in [2.24, 2.45) is 5.73 Å². The summed E-state index contributed by atoms with van der Waals surface area (Å²) in [6.45, 7) is 0.516. The van der Waals surface area contributed by atoms with Crippen molar-refractivity contribution in [3.05, 3.63) is 83.5 Å². The lowest BCUT2D eigenvalue weighted by atomic mass is 9.68. The van der Waals surface area contributed by atoms with Crippen molar-refractivity contribution < 1.29 is 10.2 Å². The van der Waals surface area contributed by atoms with E-state index in [0.29, 0.717) is 6.54 Å². The van der Waals surface area contributed by atoms with Gasteiger partial charge >= 0.3 is 0 Å². The zero-order chi connectivity index (χ0) is 15.6. The summed E-state index contributed by atoms with van der Waals surface area (Å²) in [6.07, 6.45) is 7.03. The molecule has 112 valence electrons. The van der Waals surface area contributed by atoms with E-state index in [-0.39, 0.29) is 16.9 Å². The van der Waals surface area contributed by atoms with Crippen LogP contribution in [0.3, 0.4) is 0 Å². The second-order valence-corrected chi connectivity index (χ2v) is 5.63. The van der Waals surface area contributed by atoms with Gasteiger partial charge in [0.25, 0.3) is 0 Å². The number of nitrogens with two attached hydrogens (primary N) is 1. The van der Waals surface area contributed by atoms with Gasteiger partial charge in [0.2, 0.25) is 0 Å². The van der Waals surface area contributed by atoms with Crippen molar-refractivity contribution in [2.75, 3.05) is 6.54 Å². The Morgan fingerprint density at radius 3 is 1.82 bits per heavy atom. The molecule has 0 radical (unpaired) electrons. The fourth-order valence-electron chi connectivity index (χ4n) is 3.05. The van der Waals surface area contributed by atoms with Gasteiger partial charge in [0.15, 0.2) is 0 Å². The monoisotopic (exact) mass is 293 g/mol. The molecule has 0 heterocycles. The first-order chi connectivity index (χ1) is 10.6. The molecule has 22 heavy (non-hydrogen) atoms. The molecule has 0 aliphatic heterocycles. The molecule has 0 unspecified atom stereocenters.